The lowest BCUT2D eigenvalue weighted by atomic mass is 9.71. The molecule has 2 aromatic rings. The molecule has 164 valence electrons. The van der Waals surface area contributed by atoms with E-state index >= 15 is 0 Å². The van der Waals surface area contributed by atoms with Gasteiger partial charge in [0.15, 0.2) is 23.0 Å². The molecule has 0 bridgehead atoms. The van der Waals surface area contributed by atoms with Crippen LogP contribution in [0.1, 0.15) is 16.7 Å². The summed E-state index contributed by atoms with van der Waals surface area (Å²) in [7, 11) is 0. The van der Waals surface area contributed by atoms with Gasteiger partial charge >= 0.3 is 0 Å². The predicted octanol–water partition coefficient (Wildman–Crippen LogP) is 1.98. The minimum Gasteiger partial charge on any atom is -0.486 e. The largest absolute Gasteiger partial charge is 0.486 e. The van der Waals surface area contributed by atoms with Gasteiger partial charge in [0.2, 0.25) is 12.7 Å². The third-order valence-electron chi connectivity index (χ3n) is 6.89. The van der Waals surface area contributed by atoms with Crippen LogP contribution in [0.5, 0.6) is 23.0 Å². The van der Waals surface area contributed by atoms with Crippen molar-refractivity contribution in [1.82, 2.24) is 4.90 Å². The van der Waals surface area contributed by atoms with E-state index in [1.165, 1.54) is 0 Å². The molecule has 3 N–H and O–H groups in total. The summed E-state index contributed by atoms with van der Waals surface area (Å²) in [5.41, 5.74) is 9.35. The van der Waals surface area contributed by atoms with E-state index < -0.39 is 5.41 Å². The molecule has 9 nitrogen and oxygen atoms in total. The highest BCUT2D eigenvalue weighted by atomic mass is 16.7. The highest BCUT2D eigenvalue weighted by molar-refractivity contribution is 6.12. The lowest BCUT2D eigenvalue weighted by Gasteiger charge is -2.41. The smallest absolute Gasteiger partial charge is 0.244 e. The van der Waals surface area contributed by atoms with E-state index in [2.05, 4.69) is 11.4 Å². The second-order valence-electron chi connectivity index (χ2n) is 8.47. The molecule has 0 fully saturated rings. The molecule has 5 heterocycles. The zero-order valence-electron chi connectivity index (χ0n) is 17.4. The summed E-state index contributed by atoms with van der Waals surface area (Å²) in [6.07, 6.45) is 2.57. The summed E-state index contributed by atoms with van der Waals surface area (Å²) < 4.78 is 22.6. The van der Waals surface area contributed by atoms with Crippen molar-refractivity contribution in [2.45, 2.75) is 11.8 Å². The minimum atomic E-state index is -1.37. The quantitative estimate of drug-likeness (QED) is 0.636. The Balaban J connectivity index is 1.49. The first kappa shape index (κ1) is 18.3. The van der Waals surface area contributed by atoms with Gasteiger partial charge < -0.3 is 34.9 Å². The van der Waals surface area contributed by atoms with Crippen LogP contribution in [0.25, 0.3) is 5.70 Å². The summed E-state index contributed by atoms with van der Waals surface area (Å²) >= 11 is 0. The van der Waals surface area contributed by atoms with Gasteiger partial charge in [0.25, 0.3) is 0 Å². The summed E-state index contributed by atoms with van der Waals surface area (Å²) in [5, 5.41) is 13.1. The van der Waals surface area contributed by atoms with E-state index in [0.29, 0.717) is 54.0 Å². The van der Waals surface area contributed by atoms with Crippen molar-refractivity contribution in [1.29, 1.82) is 5.26 Å². The van der Waals surface area contributed by atoms with Crippen LogP contribution in [0, 0.1) is 11.3 Å². The van der Waals surface area contributed by atoms with Crippen molar-refractivity contribution >= 4 is 17.3 Å². The first-order valence-corrected chi connectivity index (χ1v) is 10.7. The number of hydrogen-bond acceptors (Lipinski definition) is 8. The molecule has 1 atom stereocenters. The highest BCUT2D eigenvalue weighted by Gasteiger charge is 2.54. The number of nitrogens with one attached hydrogen (secondary N) is 1. The van der Waals surface area contributed by atoms with Crippen molar-refractivity contribution in [3.05, 3.63) is 58.4 Å². The molecule has 0 aliphatic carbocycles. The Kier molecular flexibility index (Phi) is 3.40. The van der Waals surface area contributed by atoms with Crippen LogP contribution >= 0.6 is 0 Å². The average molecular weight is 442 g/mol. The number of rotatable bonds is 0. The number of nitrogens with two attached hydrogens (primary N) is 1. The Bertz CT molecular complexity index is 1390. The summed E-state index contributed by atoms with van der Waals surface area (Å²) in [6, 6.07) is 9.66. The Morgan fingerprint density at radius 3 is 2.55 bits per heavy atom. The Morgan fingerprint density at radius 2 is 1.76 bits per heavy atom. The first-order chi connectivity index (χ1) is 16.1. The molecule has 7 rings (SSSR count). The van der Waals surface area contributed by atoms with E-state index in [4.69, 9.17) is 24.7 Å². The van der Waals surface area contributed by atoms with Gasteiger partial charge in [-0.2, -0.15) is 5.26 Å². The fourth-order valence-corrected chi connectivity index (χ4v) is 5.35. The molecule has 1 spiro atoms. The van der Waals surface area contributed by atoms with Gasteiger partial charge in [0, 0.05) is 35.1 Å². The Hall–Kier alpha value is -4.32. The maximum absolute atomic E-state index is 13.6. The number of fused-ring (bicyclic) bond motifs is 7. The first-order valence-electron chi connectivity index (χ1n) is 10.7. The van der Waals surface area contributed by atoms with Crippen molar-refractivity contribution in [2.75, 3.05) is 31.9 Å². The zero-order chi connectivity index (χ0) is 22.3. The van der Waals surface area contributed by atoms with Crippen LogP contribution in [-0.2, 0) is 16.6 Å². The van der Waals surface area contributed by atoms with Crippen molar-refractivity contribution in [3.8, 4) is 29.1 Å². The number of ether oxygens (including phenoxy) is 4. The number of nitriles is 1. The number of anilines is 1. The topological polar surface area (TPSA) is 119 Å². The van der Waals surface area contributed by atoms with E-state index in [1.54, 1.807) is 12.1 Å². The van der Waals surface area contributed by atoms with Crippen molar-refractivity contribution < 1.29 is 23.7 Å². The van der Waals surface area contributed by atoms with Crippen LogP contribution < -0.4 is 30.0 Å². The van der Waals surface area contributed by atoms with Crippen LogP contribution in [0.4, 0.5) is 5.69 Å². The number of nitrogens with zero attached hydrogens (tertiary/aromatic N) is 2. The second kappa shape index (κ2) is 6.13. The number of carbonyl (C=O) groups excluding carboxylic acids is 1. The van der Waals surface area contributed by atoms with Gasteiger partial charge in [0.1, 0.15) is 30.5 Å². The van der Waals surface area contributed by atoms with Crippen LogP contribution in [0.3, 0.4) is 0 Å². The van der Waals surface area contributed by atoms with Crippen LogP contribution in [-0.4, -0.2) is 37.4 Å². The van der Waals surface area contributed by atoms with Gasteiger partial charge in [-0.3, -0.25) is 4.79 Å². The van der Waals surface area contributed by atoms with Crippen molar-refractivity contribution in [2.24, 2.45) is 5.73 Å². The molecular weight excluding hydrogens is 424 g/mol. The van der Waals surface area contributed by atoms with E-state index in [0.717, 1.165) is 23.2 Å². The fourth-order valence-electron chi connectivity index (χ4n) is 5.35. The number of hydrogen-bond donors (Lipinski definition) is 2. The highest BCUT2D eigenvalue weighted by Crippen LogP contribution is 2.53. The van der Waals surface area contributed by atoms with Crippen LogP contribution in [0.2, 0.25) is 0 Å². The molecule has 33 heavy (non-hydrogen) atoms. The SMILES string of the molecule is N#CC1=C(N)N2CCc3cc4c(cc3C2=C[C@@]12C(=O)Nc1cc3c(cc12)OCCO3)OCO4. The minimum absolute atomic E-state index is 0.175. The maximum Gasteiger partial charge on any atom is 0.244 e. The lowest BCUT2D eigenvalue weighted by Crippen LogP contribution is -2.45. The standard InChI is InChI=1S/C24H18N4O5/c25-10-15-22(26)28-2-1-12-5-18-19(33-11-32-18)6-13(12)17(28)9-24(15)14-7-20-21(31-4-3-30-20)8-16(14)27-23(24)29/h5-9H,1-4,11,26H2,(H,27,29)/t24-/m0/s1. The average Bonchev–Trinajstić information content (AvgIpc) is 3.38. The Labute approximate surface area is 188 Å². The van der Waals surface area contributed by atoms with E-state index in [-0.39, 0.29) is 24.1 Å². The number of carbonyl (C=O) groups is 1. The van der Waals surface area contributed by atoms with Gasteiger partial charge in [-0.25, -0.2) is 0 Å². The number of benzene rings is 2. The summed E-state index contributed by atoms with van der Waals surface area (Å²) in [6.45, 7) is 1.61. The molecule has 1 amide bonds. The maximum atomic E-state index is 13.6. The summed E-state index contributed by atoms with van der Waals surface area (Å²) in [4.78, 5) is 15.5. The molecule has 5 aliphatic rings. The van der Waals surface area contributed by atoms with Gasteiger partial charge in [-0.05, 0) is 36.3 Å². The molecule has 0 aromatic heterocycles. The zero-order valence-corrected chi connectivity index (χ0v) is 17.4. The molecule has 5 aliphatic heterocycles. The third-order valence-corrected chi connectivity index (χ3v) is 6.89. The molecule has 2 aromatic carbocycles. The van der Waals surface area contributed by atoms with Gasteiger partial charge in [-0.1, -0.05) is 0 Å². The molecule has 0 saturated heterocycles. The Morgan fingerprint density at radius 1 is 1.03 bits per heavy atom. The lowest BCUT2D eigenvalue weighted by molar-refractivity contribution is -0.118. The number of amides is 1. The molecule has 9 heteroatoms. The van der Waals surface area contributed by atoms with E-state index in [9.17, 15) is 10.1 Å². The van der Waals surface area contributed by atoms with Crippen molar-refractivity contribution in [3.63, 3.8) is 0 Å². The van der Waals surface area contributed by atoms with E-state index in [1.807, 2.05) is 23.1 Å². The second-order valence-corrected chi connectivity index (χ2v) is 8.47. The normalized spacial score (nSPS) is 23.4. The summed E-state index contributed by atoms with van der Waals surface area (Å²) in [5.74, 6) is 2.40. The van der Waals surface area contributed by atoms with Crippen LogP contribution in [0.15, 0.2) is 41.7 Å². The third kappa shape index (κ3) is 2.22. The van der Waals surface area contributed by atoms with Gasteiger partial charge in [-0.15, -0.1) is 0 Å². The monoisotopic (exact) mass is 442 g/mol. The predicted molar refractivity (Wildman–Crippen MR) is 116 cm³/mol. The molecular formula is C24H18N4O5. The van der Waals surface area contributed by atoms with Gasteiger partial charge in [0.05, 0.1) is 5.57 Å². The molecule has 0 saturated carbocycles. The fraction of sp³-hybridized carbons (Fsp3) is 0.250. The molecule has 0 radical (unpaired) electrons. The molecule has 0 unspecified atom stereocenters.